The second-order valence-corrected chi connectivity index (χ2v) is 6.62. The summed E-state index contributed by atoms with van der Waals surface area (Å²) >= 11 is 0. The molecule has 1 amide bonds. The number of likely N-dealkylation sites (N-methyl/N-ethyl adjacent to an activating group) is 1. The molecule has 1 aromatic rings. The topological polar surface area (TPSA) is 36.4 Å². The fourth-order valence-corrected chi connectivity index (χ4v) is 4.06. The van der Waals surface area contributed by atoms with Crippen LogP contribution in [0.4, 0.5) is 0 Å². The monoisotopic (exact) mass is 301 g/mol. The lowest BCUT2D eigenvalue weighted by molar-refractivity contribution is -0.132. The Morgan fingerprint density at radius 3 is 2.73 bits per heavy atom. The van der Waals surface area contributed by atoms with Crippen molar-refractivity contribution in [3.8, 4) is 0 Å². The van der Waals surface area contributed by atoms with E-state index in [1.54, 1.807) is 0 Å². The van der Waals surface area contributed by atoms with Gasteiger partial charge in [0.2, 0.25) is 5.91 Å². The Kier molecular flexibility index (Phi) is 4.77. The summed E-state index contributed by atoms with van der Waals surface area (Å²) in [6, 6.07) is 5.01. The molecule has 2 saturated heterocycles. The van der Waals surface area contributed by atoms with Crippen LogP contribution in [0.1, 0.15) is 43.9 Å². The summed E-state index contributed by atoms with van der Waals surface area (Å²) in [4.78, 5) is 21.8. The zero-order valence-corrected chi connectivity index (χ0v) is 13.8. The highest BCUT2D eigenvalue weighted by atomic mass is 16.2. The maximum atomic E-state index is 12.7. The largest absolute Gasteiger partial charge is 0.338 e. The molecule has 0 aliphatic carbocycles. The molecule has 0 aromatic carbocycles. The third kappa shape index (κ3) is 3.17. The van der Waals surface area contributed by atoms with Gasteiger partial charge in [0.15, 0.2) is 0 Å². The number of carbonyl (C=O) groups is 1. The average molecular weight is 301 g/mol. The van der Waals surface area contributed by atoms with Gasteiger partial charge in [0.25, 0.3) is 0 Å². The second-order valence-electron chi connectivity index (χ2n) is 6.62. The van der Waals surface area contributed by atoms with E-state index in [-0.39, 0.29) is 5.91 Å². The molecule has 2 unspecified atom stereocenters. The minimum atomic E-state index is 0.274. The molecule has 0 radical (unpaired) electrons. The molecule has 0 saturated carbocycles. The summed E-state index contributed by atoms with van der Waals surface area (Å²) < 4.78 is 0. The van der Waals surface area contributed by atoms with Gasteiger partial charge < -0.3 is 4.90 Å². The molecule has 4 nitrogen and oxygen atoms in total. The molecular formula is C18H27N3O. The zero-order chi connectivity index (χ0) is 15.5. The predicted octanol–water partition coefficient (Wildman–Crippen LogP) is 2.41. The highest BCUT2D eigenvalue weighted by Crippen LogP contribution is 2.30. The van der Waals surface area contributed by atoms with Gasteiger partial charge in [-0.1, -0.05) is 13.0 Å². The van der Waals surface area contributed by atoms with Crippen LogP contribution < -0.4 is 0 Å². The number of hydrogen-bond acceptors (Lipinski definition) is 3. The number of aryl methyl sites for hydroxylation is 1. The van der Waals surface area contributed by atoms with E-state index in [0.29, 0.717) is 18.5 Å². The number of carbonyl (C=O) groups excluding carboxylic acids is 1. The first kappa shape index (κ1) is 15.5. The third-order valence-electron chi connectivity index (χ3n) is 5.21. The average Bonchev–Trinajstić information content (AvgIpc) is 3.17. The number of rotatable bonds is 4. The summed E-state index contributed by atoms with van der Waals surface area (Å²) in [7, 11) is 0. The molecule has 0 spiro atoms. The molecule has 1 aromatic heterocycles. The Labute approximate surface area is 133 Å². The Bertz CT molecular complexity index is 514. The summed E-state index contributed by atoms with van der Waals surface area (Å²) in [5.74, 6) is 0.274. The number of likely N-dealkylation sites (tertiary alicyclic amines) is 2. The van der Waals surface area contributed by atoms with Crippen molar-refractivity contribution in [2.24, 2.45) is 0 Å². The fraction of sp³-hybridized carbons (Fsp3) is 0.667. The number of pyridine rings is 1. The van der Waals surface area contributed by atoms with Gasteiger partial charge in [0, 0.05) is 30.5 Å². The van der Waals surface area contributed by atoms with Crippen LogP contribution in [0.15, 0.2) is 18.3 Å². The third-order valence-corrected chi connectivity index (χ3v) is 5.21. The Morgan fingerprint density at radius 1 is 1.23 bits per heavy atom. The molecule has 3 rings (SSSR count). The number of nitrogens with zero attached hydrogens (tertiary/aromatic N) is 3. The van der Waals surface area contributed by atoms with Crippen molar-refractivity contribution in [1.82, 2.24) is 14.8 Å². The van der Waals surface area contributed by atoms with Crippen molar-refractivity contribution >= 4 is 5.91 Å². The maximum absolute atomic E-state index is 12.7. The molecule has 2 aliphatic heterocycles. The van der Waals surface area contributed by atoms with Gasteiger partial charge >= 0.3 is 0 Å². The van der Waals surface area contributed by atoms with Crippen molar-refractivity contribution in [3.05, 3.63) is 29.6 Å². The standard InChI is InChI=1S/C18H27N3O/c1-3-20-10-4-6-16(20)17-7-5-11-21(17)18(22)12-15-9-8-14(2)19-13-15/h8-9,13,16-17H,3-7,10-12H2,1-2H3. The fourth-order valence-electron chi connectivity index (χ4n) is 4.06. The lowest BCUT2D eigenvalue weighted by Gasteiger charge is -2.34. The summed E-state index contributed by atoms with van der Waals surface area (Å²) in [6.07, 6.45) is 7.16. The van der Waals surface area contributed by atoms with E-state index in [1.807, 2.05) is 25.3 Å². The van der Waals surface area contributed by atoms with Gasteiger partial charge in [-0.2, -0.15) is 0 Å². The highest BCUT2D eigenvalue weighted by molar-refractivity contribution is 5.79. The van der Waals surface area contributed by atoms with Crippen molar-refractivity contribution in [2.45, 2.75) is 58.0 Å². The molecule has 3 heterocycles. The quantitative estimate of drug-likeness (QED) is 0.857. The van der Waals surface area contributed by atoms with Gasteiger partial charge in [-0.15, -0.1) is 0 Å². The summed E-state index contributed by atoms with van der Waals surface area (Å²) in [6.45, 7) is 7.43. The first-order chi connectivity index (χ1) is 10.7. The molecule has 120 valence electrons. The zero-order valence-electron chi connectivity index (χ0n) is 13.8. The van der Waals surface area contributed by atoms with Crippen LogP contribution in [0.25, 0.3) is 0 Å². The van der Waals surface area contributed by atoms with E-state index in [4.69, 9.17) is 0 Å². The van der Waals surface area contributed by atoms with E-state index in [0.717, 1.165) is 30.8 Å². The van der Waals surface area contributed by atoms with Crippen molar-refractivity contribution in [3.63, 3.8) is 0 Å². The molecule has 0 bridgehead atoms. The SMILES string of the molecule is CCN1CCCC1C1CCCN1C(=O)Cc1ccc(C)nc1. The second kappa shape index (κ2) is 6.78. The predicted molar refractivity (Wildman–Crippen MR) is 87.7 cm³/mol. The van der Waals surface area contributed by atoms with Crippen LogP contribution in [-0.4, -0.2) is 52.4 Å². The molecule has 22 heavy (non-hydrogen) atoms. The number of hydrogen-bond donors (Lipinski definition) is 0. The number of amides is 1. The van der Waals surface area contributed by atoms with Gasteiger partial charge in [0.1, 0.15) is 0 Å². The Balaban J connectivity index is 1.67. The van der Waals surface area contributed by atoms with Crippen molar-refractivity contribution in [2.75, 3.05) is 19.6 Å². The summed E-state index contributed by atoms with van der Waals surface area (Å²) in [5, 5.41) is 0. The van der Waals surface area contributed by atoms with E-state index in [9.17, 15) is 4.79 Å². The van der Waals surface area contributed by atoms with Crippen LogP contribution in [-0.2, 0) is 11.2 Å². The minimum absolute atomic E-state index is 0.274. The van der Waals surface area contributed by atoms with Crippen molar-refractivity contribution < 1.29 is 4.79 Å². The van der Waals surface area contributed by atoms with Gasteiger partial charge in [-0.25, -0.2) is 0 Å². The van der Waals surface area contributed by atoms with Gasteiger partial charge in [0.05, 0.1) is 6.42 Å². The van der Waals surface area contributed by atoms with Crippen molar-refractivity contribution in [1.29, 1.82) is 0 Å². The lowest BCUT2D eigenvalue weighted by atomic mass is 10.0. The normalized spacial score (nSPS) is 25.8. The lowest BCUT2D eigenvalue weighted by Crippen LogP contribution is -2.48. The number of aromatic nitrogens is 1. The van der Waals surface area contributed by atoms with Crippen LogP contribution in [0.5, 0.6) is 0 Å². The highest BCUT2D eigenvalue weighted by Gasteiger charge is 2.38. The van der Waals surface area contributed by atoms with Gasteiger partial charge in [-0.05, 0) is 57.3 Å². The van der Waals surface area contributed by atoms with E-state index < -0.39 is 0 Å². The maximum Gasteiger partial charge on any atom is 0.227 e. The van der Waals surface area contributed by atoms with Crippen LogP contribution >= 0.6 is 0 Å². The van der Waals surface area contributed by atoms with E-state index in [1.165, 1.54) is 25.8 Å². The smallest absolute Gasteiger partial charge is 0.227 e. The molecule has 2 aliphatic rings. The van der Waals surface area contributed by atoms with E-state index >= 15 is 0 Å². The van der Waals surface area contributed by atoms with E-state index in [2.05, 4.69) is 21.7 Å². The first-order valence-corrected chi connectivity index (χ1v) is 8.64. The summed E-state index contributed by atoms with van der Waals surface area (Å²) in [5.41, 5.74) is 2.03. The Hall–Kier alpha value is -1.42. The van der Waals surface area contributed by atoms with Crippen LogP contribution in [0.3, 0.4) is 0 Å². The van der Waals surface area contributed by atoms with Gasteiger partial charge in [-0.3, -0.25) is 14.7 Å². The van der Waals surface area contributed by atoms with Crippen LogP contribution in [0, 0.1) is 6.92 Å². The molecule has 0 N–H and O–H groups in total. The molecular weight excluding hydrogens is 274 g/mol. The minimum Gasteiger partial charge on any atom is -0.338 e. The Morgan fingerprint density at radius 2 is 2.00 bits per heavy atom. The molecule has 2 fully saturated rings. The molecule has 4 heteroatoms. The molecule has 2 atom stereocenters. The van der Waals surface area contributed by atoms with Crippen LogP contribution in [0.2, 0.25) is 0 Å². The first-order valence-electron chi connectivity index (χ1n) is 8.64.